The molecule has 0 nitrogen and oxygen atoms in total. The predicted molar refractivity (Wildman–Crippen MR) is 0 cm³/mol. The fourth-order valence-electron chi connectivity index (χ4n) is 0. The van der Waals surface area contributed by atoms with Crippen LogP contribution in [0.5, 0.6) is 0 Å². The maximum absolute atomic E-state index is 0. The van der Waals surface area contributed by atoms with Crippen LogP contribution in [-0.4, -0.2) is 0 Å². The molecule has 0 aromatic rings. The van der Waals surface area contributed by atoms with Crippen molar-refractivity contribution in [3.05, 3.63) is 0 Å². The Bertz CT molecular complexity index is 8.75. The van der Waals surface area contributed by atoms with E-state index in [0.717, 1.165) is 0 Å². The summed E-state index contributed by atoms with van der Waals surface area (Å²) in [4.78, 5) is 0. The van der Waals surface area contributed by atoms with Gasteiger partial charge in [0.1, 0.15) is 0 Å². The predicted octanol–water partition coefficient (Wildman–Crippen LogP) is -18.0. The van der Waals surface area contributed by atoms with Crippen LogP contribution in [0.25, 0.3) is 0 Å². The van der Waals surface area contributed by atoms with Crippen molar-refractivity contribution >= 4 is 0 Å². The van der Waals surface area contributed by atoms with Gasteiger partial charge in [0, 0.05) is 0 Å². The summed E-state index contributed by atoms with van der Waals surface area (Å²) in [6.45, 7) is 0. The number of halogens is 3. The fourth-order valence-corrected chi connectivity index (χ4v) is 0. The van der Waals surface area contributed by atoms with Gasteiger partial charge in [0.05, 0.1) is 0 Å². The second-order valence-corrected chi connectivity index (χ2v) is 0. The number of hydrogen-bond donors (Lipinski definition) is 0. The zero-order chi connectivity index (χ0) is 0. The van der Waals surface area contributed by atoms with Gasteiger partial charge >= 0.3 is 110 Å². The van der Waals surface area contributed by atoms with Crippen molar-refractivity contribution in [2.24, 2.45) is 0 Å². The van der Waals surface area contributed by atoms with Gasteiger partial charge in [-0.05, 0) is 0 Å². The molecular weight excluding hydrogens is 325 g/mol. The van der Waals surface area contributed by atoms with Crippen LogP contribution in [0, 0.1) is 0 Å². The van der Waals surface area contributed by atoms with E-state index in [1.54, 1.807) is 0 Å². The van der Waals surface area contributed by atoms with E-state index < -0.39 is 0 Å². The second-order valence-electron chi connectivity index (χ2n) is 0. The van der Waals surface area contributed by atoms with Gasteiger partial charge in [-0.25, -0.2) is 0 Å². The molecule has 0 rings (SSSR count). The molecule has 0 saturated heterocycles. The average Bonchev–Trinajstić information content (AvgIpc) is 0. The minimum Gasteiger partial charge on any atom is -1.00 e. The van der Waals surface area contributed by atoms with Crippen molar-refractivity contribution in [3.63, 3.8) is 0 Å². The van der Waals surface area contributed by atoms with E-state index in [4.69, 9.17) is 0 Å². The molecule has 24 valence electrons. The average molecular weight is 325 g/mol. The third-order valence-corrected chi connectivity index (χ3v) is 0. The van der Waals surface area contributed by atoms with Crippen molar-refractivity contribution in [1.82, 2.24) is 0 Å². The van der Waals surface area contributed by atoms with Gasteiger partial charge in [-0.15, -0.1) is 0 Å². The van der Waals surface area contributed by atoms with Crippen molar-refractivity contribution in [3.8, 4) is 0 Å². The summed E-state index contributed by atoms with van der Waals surface area (Å²) in [6.07, 6.45) is 0. The van der Waals surface area contributed by atoms with Gasteiger partial charge in [-0.1, -0.05) is 0 Å². The zero-order valence-corrected chi connectivity index (χ0v) is 16.0. The smallest absolute Gasteiger partial charge is 1.00 e. The molecule has 0 heterocycles. The molecule has 0 radical (unpaired) electrons. The molecule has 0 unspecified atom stereocenters. The number of hydrogen-bond acceptors (Lipinski definition) is 0. The van der Waals surface area contributed by atoms with Crippen molar-refractivity contribution < 1.29 is 161 Å². The molecule has 0 N–H and O–H groups in total. The summed E-state index contributed by atoms with van der Waals surface area (Å²) in [5.41, 5.74) is 0. The molecule has 0 aromatic heterocycles. The molecule has 0 aliphatic rings. The summed E-state index contributed by atoms with van der Waals surface area (Å²) in [5, 5.41) is 0. The molecule has 0 aromatic carbocycles. The quantitative estimate of drug-likeness (QED) is 0.388. The Labute approximate surface area is 157 Å². The van der Waals surface area contributed by atoms with E-state index >= 15 is 0 Å². The molecule has 0 fully saturated rings. The van der Waals surface area contributed by atoms with E-state index in [2.05, 4.69) is 0 Å². The summed E-state index contributed by atoms with van der Waals surface area (Å²) < 4.78 is 0. The molecule has 0 amide bonds. The standard InChI is InChI=1S/3BrH.K.2Na/h3*1H;;;/q;;;3*+1/p-3. The molecular formula is Br3KNa2. The topological polar surface area (TPSA) is 0 Å². The Hall–Kier alpha value is 5.08. The van der Waals surface area contributed by atoms with Crippen molar-refractivity contribution in [2.45, 2.75) is 0 Å². The summed E-state index contributed by atoms with van der Waals surface area (Å²) in [7, 11) is 0. The molecule has 0 aliphatic carbocycles. The van der Waals surface area contributed by atoms with Crippen LogP contribution in [0.1, 0.15) is 0 Å². The summed E-state index contributed by atoms with van der Waals surface area (Å²) in [5.74, 6) is 0. The van der Waals surface area contributed by atoms with E-state index in [0.29, 0.717) is 0 Å². The van der Waals surface area contributed by atoms with E-state index in [9.17, 15) is 0 Å². The van der Waals surface area contributed by atoms with Crippen LogP contribution < -0.4 is 161 Å². The van der Waals surface area contributed by atoms with Gasteiger partial charge in [-0.3, -0.25) is 0 Å². The monoisotopic (exact) mass is 322 g/mol. The van der Waals surface area contributed by atoms with Crippen molar-refractivity contribution in [1.29, 1.82) is 0 Å². The molecule has 0 atom stereocenters. The largest absolute Gasteiger partial charge is 1.00 e. The van der Waals surface area contributed by atoms with Gasteiger partial charge in [0.2, 0.25) is 0 Å². The van der Waals surface area contributed by atoms with Gasteiger partial charge in [-0.2, -0.15) is 0 Å². The van der Waals surface area contributed by atoms with Crippen LogP contribution in [0.2, 0.25) is 0 Å². The van der Waals surface area contributed by atoms with Crippen LogP contribution in [0.3, 0.4) is 0 Å². The van der Waals surface area contributed by atoms with Crippen LogP contribution in [0.4, 0.5) is 0 Å². The minimum absolute atomic E-state index is 0. The normalized spacial score (nSPS) is 0. The van der Waals surface area contributed by atoms with E-state index in [1.165, 1.54) is 0 Å². The van der Waals surface area contributed by atoms with Crippen molar-refractivity contribution in [2.75, 3.05) is 0 Å². The first-order chi connectivity index (χ1) is 0. The first kappa shape index (κ1) is 43.6. The Kier molecular flexibility index (Phi) is 234. The molecule has 0 aliphatic heterocycles. The third kappa shape index (κ3) is 23.0. The molecule has 0 spiro atoms. The Balaban J connectivity index is 0. The fraction of sp³-hybridized carbons (Fsp3) is 0. The minimum atomic E-state index is 0. The number of rotatable bonds is 0. The van der Waals surface area contributed by atoms with Crippen LogP contribution >= 0.6 is 0 Å². The molecule has 6 heteroatoms. The zero-order valence-electron chi connectivity index (χ0n) is 4.13. The van der Waals surface area contributed by atoms with E-state index in [1.807, 2.05) is 0 Å². The van der Waals surface area contributed by atoms with Gasteiger partial charge in [0.15, 0.2) is 0 Å². The Morgan fingerprint density at radius 1 is 0.500 bits per heavy atom. The van der Waals surface area contributed by atoms with E-state index in [-0.39, 0.29) is 161 Å². The van der Waals surface area contributed by atoms with Crippen LogP contribution in [0.15, 0.2) is 0 Å². The maximum Gasteiger partial charge on any atom is 1.00 e. The van der Waals surface area contributed by atoms with Gasteiger partial charge in [0.25, 0.3) is 0 Å². The molecule has 0 bridgehead atoms. The summed E-state index contributed by atoms with van der Waals surface area (Å²) >= 11 is 0. The molecule has 0 saturated carbocycles. The SMILES string of the molecule is [Br-].[Br-].[Br-].[K+].[Na+].[Na+]. The first-order valence-electron chi connectivity index (χ1n) is 0. The maximum atomic E-state index is 0. The summed E-state index contributed by atoms with van der Waals surface area (Å²) in [6, 6.07) is 0. The first-order valence-corrected chi connectivity index (χ1v) is 0. The molecule has 6 heavy (non-hydrogen) atoms. The Morgan fingerprint density at radius 3 is 0.500 bits per heavy atom. The second kappa shape index (κ2) is 32.2. The van der Waals surface area contributed by atoms with Crippen LogP contribution in [-0.2, 0) is 0 Å². The van der Waals surface area contributed by atoms with Gasteiger partial charge < -0.3 is 50.9 Å². The Morgan fingerprint density at radius 2 is 0.500 bits per heavy atom. The third-order valence-electron chi connectivity index (χ3n) is 0.